The van der Waals surface area contributed by atoms with Crippen LogP contribution in [0, 0.1) is 0 Å². The predicted octanol–water partition coefficient (Wildman–Crippen LogP) is 4.52. The smallest absolute Gasteiger partial charge is 0.290 e. The zero-order valence-corrected chi connectivity index (χ0v) is 17.0. The first-order valence-corrected chi connectivity index (χ1v) is 9.51. The zero-order chi connectivity index (χ0) is 21.3. The van der Waals surface area contributed by atoms with Gasteiger partial charge in [0.25, 0.3) is 6.47 Å². The summed E-state index contributed by atoms with van der Waals surface area (Å²) in [5, 5.41) is 17.1. The molecule has 4 rings (SSSR count). The Morgan fingerprint density at radius 2 is 2.03 bits per heavy atom. The van der Waals surface area contributed by atoms with Crippen molar-refractivity contribution < 1.29 is 14.6 Å². The molecule has 0 fully saturated rings. The summed E-state index contributed by atoms with van der Waals surface area (Å²) in [6.07, 6.45) is 5.39. The van der Waals surface area contributed by atoms with Crippen LogP contribution >= 0.6 is 11.6 Å². The monoisotopic (exact) mass is 425 g/mol. The Labute approximate surface area is 178 Å². The standard InChI is InChI=1S/C20H18ClN5O.CH2O2/c1-2-26-10-8-16(25-26)13-27-17-4-5-18-14(11-17)7-9-22-20(18)24-15-3-6-19(21)23-12-15;2-1-3/h3-12H,2,13H2,1H3,(H,22,24);1H,(H,2,3). The summed E-state index contributed by atoms with van der Waals surface area (Å²) >= 11 is 5.84. The largest absolute Gasteiger partial charge is 0.487 e. The fourth-order valence-electron chi connectivity index (χ4n) is 2.75. The summed E-state index contributed by atoms with van der Waals surface area (Å²) < 4.78 is 7.77. The molecule has 30 heavy (non-hydrogen) atoms. The Hall–Kier alpha value is -3.65. The third-order valence-corrected chi connectivity index (χ3v) is 4.36. The third kappa shape index (κ3) is 5.45. The summed E-state index contributed by atoms with van der Waals surface area (Å²) in [5.74, 6) is 1.55. The molecule has 0 saturated heterocycles. The first-order valence-electron chi connectivity index (χ1n) is 9.13. The lowest BCUT2D eigenvalue weighted by Gasteiger charge is -2.10. The summed E-state index contributed by atoms with van der Waals surface area (Å²) in [6, 6.07) is 13.5. The van der Waals surface area contributed by atoms with Crippen molar-refractivity contribution in [1.29, 1.82) is 0 Å². The van der Waals surface area contributed by atoms with Crippen LogP contribution in [0.1, 0.15) is 12.6 Å². The summed E-state index contributed by atoms with van der Waals surface area (Å²) in [4.78, 5) is 16.9. The van der Waals surface area contributed by atoms with E-state index in [0.717, 1.165) is 40.3 Å². The first-order chi connectivity index (χ1) is 14.6. The van der Waals surface area contributed by atoms with Gasteiger partial charge in [0.2, 0.25) is 0 Å². The minimum atomic E-state index is -0.250. The molecule has 0 amide bonds. The maximum atomic E-state index is 8.36. The molecule has 154 valence electrons. The Morgan fingerprint density at radius 3 is 2.73 bits per heavy atom. The van der Waals surface area contributed by atoms with Gasteiger partial charge in [-0.15, -0.1) is 0 Å². The molecule has 0 atom stereocenters. The highest BCUT2D eigenvalue weighted by atomic mass is 35.5. The fraction of sp³-hybridized carbons (Fsp3) is 0.143. The van der Waals surface area contributed by atoms with Gasteiger partial charge in [0.05, 0.1) is 17.6 Å². The Bertz CT molecular complexity index is 1120. The average molecular weight is 426 g/mol. The van der Waals surface area contributed by atoms with Crippen molar-refractivity contribution in [3.8, 4) is 5.75 Å². The SMILES string of the molecule is CCn1ccc(COc2ccc3c(Nc4ccc(Cl)nc4)nccc3c2)n1.O=CO. The molecule has 0 aliphatic heterocycles. The quantitative estimate of drug-likeness (QED) is 0.345. The van der Waals surface area contributed by atoms with E-state index in [1.54, 1.807) is 18.5 Å². The number of hydrogen-bond acceptors (Lipinski definition) is 6. The number of nitrogens with one attached hydrogen (secondary N) is 1. The Balaban J connectivity index is 0.000000806. The second-order valence-electron chi connectivity index (χ2n) is 6.09. The molecular weight excluding hydrogens is 406 g/mol. The first kappa shape index (κ1) is 21.1. The van der Waals surface area contributed by atoms with Gasteiger partial charge in [-0.3, -0.25) is 9.48 Å². The van der Waals surface area contributed by atoms with E-state index >= 15 is 0 Å². The number of anilines is 2. The van der Waals surface area contributed by atoms with Crippen LogP contribution in [-0.2, 0) is 17.9 Å². The molecule has 0 bridgehead atoms. The van der Waals surface area contributed by atoms with Crippen molar-refractivity contribution in [1.82, 2.24) is 19.7 Å². The number of benzene rings is 1. The summed E-state index contributed by atoms with van der Waals surface area (Å²) in [5.41, 5.74) is 1.73. The number of ether oxygens (including phenoxy) is 1. The Kier molecular flexibility index (Phi) is 7.18. The third-order valence-electron chi connectivity index (χ3n) is 4.13. The second-order valence-corrected chi connectivity index (χ2v) is 6.48. The number of fused-ring (bicyclic) bond motifs is 1. The minimum absolute atomic E-state index is 0.250. The zero-order valence-electron chi connectivity index (χ0n) is 16.2. The molecule has 3 aromatic heterocycles. The van der Waals surface area contributed by atoms with E-state index in [0.29, 0.717) is 11.8 Å². The van der Waals surface area contributed by atoms with E-state index in [-0.39, 0.29) is 6.47 Å². The van der Waals surface area contributed by atoms with E-state index in [1.165, 1.54) is 0 Å². The molecule has 0 spiro atoms. The average Bonchev–Trinajstić information content (AvgIpc) is 3.23. The minimum Gasteiger partial charge on any atom is -0.487 e. The van der Waals surface area contributed by atoms with Crippen molar-refractivity contribution in [3.05, 3.63) is 71.9 Å². The van der Waals surface area contributed by atoms with Crippen molar-refractivity contribution >= 4 is 40.4 Å². The van der Waals surface area contributed by atoms with Crippen molar-refractivity contribution in [2.75, 3.05) is 5.32 Å². The van der Waals surface area contributed by atoms with Crippen LogP contribution in [0.3, 0.4) is 0 Å². The lowest BCUT2D eigenvalue weighted by Crippen LogP contribution is -2.00. The number of hydrogen-bond donors (Lipinski definition) is 2. The molecule has 1 aromatic carbocycles. The molecular formula is C21H20ClN5O3. The molecule has 0 aliphatic rings. The molecule has 4 aromatic rings. The number of nitrogens with zero attached hydrogens (tertiary/aromatic N) is 4. The Morgan fingerprint density at radius 1 is 1.20 bits per heavy atom. The highest BCUT2D eigenvalue weighted by Crippen LogP contribution is 2.28. The van der Waals surface area contributed by atoms with E-state index < -0.39 is 0 Å². The molecule has 0 saturated carbocycles. The molecule has 3 heterocycles. The van der Waals surface area contributed by atoms with E-state index in [1.807, 2.05) is 47.3 Å². The van der Waals surface area contributed by atoms with E-state index in [2.05, 4.69) is 27.3 Å². The summed E-state index contributed by atoms with van der Waals surface area (Å²) in [6.45, 7) is 3.09. The number of rotatable bonds is 6. The predicted molar refractivity (Wildman–Crippen MR) is 115 cm³/mol. The van der Waals surface area contributed by atoms with Crippen molar-refractivity contribution in [3.63, 3.8) is 0 Å². The van der Waals surface area contributed by atoms with Gasteiger partial charge < -0.3 is 15.2 Å². The molecule has 0 unspecified atom stereocenters. The normalized spacial score (nSPS) is 10.2. The van der Waals surface area contributed by atoms with E-state index in [4.69, 9.17) is 26.2 Å². The van der Waals surface area contributed by atoms with Crippen LogP contribution in [-0.4, -0.2) is 31.3 Å². The van der Waals surface area contributed by atoms with Crippen LogP contribution in [0.15, 0.2) is 61.1 Å². The van der Waals surface area contributed by atoms with Gasteiger partial charge in [-0.05, 0) is 54.8 Å². The van der Waals surface area contributed by atoms with Crippen molar-refractivity contribution in [2.45, 2.75) is 20.1 Å². The van der Waals surface area contributed by atoms with Gasteiger partial charge in [-0.25, -0.2) is 9.97 Å². The number of pyridine rings is 2. The van der Waals surface area contributed by atoms with Crippen molar-refractivity contribution in [2.24, 2.45) is 0 Å². The van der Waals surface area contributed by atoms with Gasteiger partial charge in [-0.2, -0.15) is 5.10 Å². The van der Waals surface area contributed by atoms with Crippen LogP contribution in [0.2, 0.25) is 5.15 Å². The number of halogens is 1. The molecule has 2 N–H and O–H groups in total. The van der Waals surface area contributed by atoms with E-state index in [9.17, 15) is 0 Å². The fourth-order valence-corrected chi connectivity index (χ4v) is 2.86. The number of carbonyl (C=O) groups is 1. The molecule has 0 aliphatic carbocycles. The second kappa shape index (κ2) is 10.2. The highest BCUT2D eigenvalue weighted by Gasteiger charge is 2.06. The van der Waals surface area contributed by atoms with Gasteiger partial charge >= 0.3 is 0 Å². The van der Waals surface area contributed by atoms with Gasteiger partial charge in [0.1, 0.15) is 23.3 Å². The van der Waals surface area contributed by atoms with Gasteiger partial charge in [0, 0.05) is 24.3 Å². The van der Waals surface area contributed by atoms with Crippen LogP contribution < -0.4 is 10.1 Å². The topological polar surface area (TPSA) is 102 Å². The maximum Gasteiger partial charge on any atom is 0.290 e. The maximum absolute atomic E-state index is 8.36. The molecule has 8 nitrogen and oxygen atoms in total. The number of aryl methyl sites for hydroxylation is 1. The van der Waals surface area contributed by atoms with Gasteiger partial charge in [0.15, 0.2) is 0 Å². The van der Waals surface area contributed by atoms with Crippen LogP contribution in [0.4, 0.5) is 11.5 Å². The number of aromatic nitrogens is 4. The lowest BCUT2D eigenvalue weighted by atomic mass is 10.1. The molecule has 9 heteroatoms. The van der Waals surface area contributed by atoms with Gasteiger partial charge in [-0.1, -0.05) is 11.6 Å². The number of carboxylic acid groups (broad SMARTS) is 1. The highest BCUT2D eigenvalue weighted by molar-refractivity contribution is 6.29. The molecule has 0 radical (unpaired) electrons. The van der Waals surface area contributed by atoms with Crippen LogP contribution in [0.5, 0.6) is 5.75 Å². The van der Waals surface area contributed by atoms with Crippen LogP contribution in [0.25, 0.3) is 10.8 Å². The lowest BCUT2D eigenvalue weighted by molar-refractivity contribution is -0.122. The summed E-state index contributed by atoms with van der Waals surface area (Å²) in [7, 11) is 0.